The number of aldehydes is 1. The van der Waals surface area contributed by atoms with Crippen molar-refractivity contribution in [3.05, 3.63) is 59.2 Å². The summed E-state index contributed by atoms with van der Waals surface area (Å²) in [5.41, 5.74) is 1.10. The number of ether oxygens (including phenoxy) is 2. The van der Waals surface area contributed by atoms with Crippen LogP contribution in [0.15, 0.2) is 42.5 Å². The molecule has 102 valence electrons. The van der Waals surface area contributed by atoms with Crippen molar-refractivity contribution in [2.75, 3.05) is 14.2 Å². The van der Waals surface area contributed by atoms with Gasteiger partial charge in [-0.25, -0.2) is 0 Å². The quantitative estimate of drug-likeness (QED) is 0.619. The molecule has 0 aromatic heterocycles. The van der Waals surface area contributed by atoms with E-state index in [1.165, 1.54) is 14.2 Å². The van der Waals surface area contributed by atoms with Gasteiger partial charge in [-0.3, -0.25) is 9.59 Å². The molecule has 0 amide bonds. The first kappa shape index (κ1) is 13.8. The van der Waals surface area contributed by atoms with Gasteiger partial charge < -0.3 is 9.47 Å². The van der Waals surface area contributed by atoms with Crippen molar-refractivity contribution in [1.29, 1.82) is 0 Å². The van der Waals surface area contributed by atoms with Gasteiger partial charge in [0.2, 0.25) is 0 Å². The molecule has 0 aliphatic heterocycles. The number of rotatable bonds is 5. The SMILES string of the molecule is COc1cccc(C(=O)c2cc(OC)ccc2C=O)c1. The molecule has 0 aliphatic rings. The highest BCUT2D eigenvalue weighted by atomic mass is 16.5. The highest BCUT2D eigenvalue weighted by Crippen LogP contribution is 2.21. The second-order valence-corrected chi connectivity index (χ2v) is 4.13. The molecule has 0 saturated heterocycles. The molecule has 0 unspecified atom stereocenters. The first-order valence-electron chi connectivity index (χ1n) is 6.01. The monoisotopic (exact) mass is 270 g/mol. The third kappa shape index (κ3) is 2.69. The maximum absolute atomic E-state index is 12.5. The van der Waals surface area contributed by atoms with Crippen molar-refractivity contribution < 1.29 is 19.1 Å². The molecule has 0 heterocycles. The Hall–Kier alpha value is -2.62. The number of hydrogen-bond acceptors (Lipinski definition) is 4. The molecule has 0 fully saturated rings. The Morgan fingerprint density at radius 1 is 1.00 bits per heavy atom. The molecule has 20 heavy (non-hydrogen) atoms. The third-order valence-electron chi connectivity index (χ3n) is 2.96. The number of carbonyl (C=O) groups excluding carboxylic acids is 2. The van der Waals surface area contributed by atoms with Gasteiger partial charge in [-0.2, -0.15) is 0 Å². The molecule has 0 radical (unpaired) electrons. The van der Waals surface area contributed by atoms with Crippen molar-refractivity contribution in [3.63, 3.8) is 0 Å². The minimum absolute atomic E-state index is 0.245. The third-order valence-corrected chi connectivity index (χ3v) is 2.96. The maximum atomic E-state index is 12.5. The van der Waals surface area contributed by atoms with E-state index in [0.29, 0.717) is 34.5 Å². The van der Waals surface area contributed by atoms with E-state index in [-0.39, 0.29) is 5.78 Å². The molecule has 4 heteroatoms. The fourth-order valence-electron chi connectivity index (χ4n) is 1.88. The second kappa shape index (κ2) is 6.02. The molecule has 2 rings (SSSR count). The highest BCUT2D eigenvalue weighted by molar-refractivity contribution is 6.13. The van der Waals surface area contributed by atoms with Crippen molar-refractivity contribution in [2.24, 2.45) is 0 Å². The summed E-state index contributed by atoms with van der Waals surface area (Å²) < 4.78 is 10.2. The first-order chi connectivity index (χ1) is 9.69. The molecule has 2 aromatic rings. The molecule has 0 atom stereocenters. The second-order valence-electron chi connectivity index (χ2n) is 4.13. The van der Waals surface area contributed by atoms with Crippen LogP contribution < -0.4 is 9.47 Å². The van der Waals surface area contributed by atoms with Crippen LogP contribution in [0, 0.1) is 0 Å². The van der Waals surface area contributed by atoms with E-state index in [1.807, 2.05) is 0 Å². The zero-order valence-corrected chi connectivity index (χ0v) is 11.3. The summed E-state index contributed by atoms with van der Waals surface area (Å²) in [5.74, 6) is 0.873. The van der Waals surface area contributed by atoms with Crippen LogP contribution in [-0.2, 0) is 0 Å². The van der Waals surface area contributed by atoms with Crippen molar-refractivity contribution >= 4 is 12.1 Å². The highest BCUT2D eigenvalue weighted by Gasteiger charge is 2.15. The number of hydrogen-bond donors (Lipinski definition) is 0. The van der Waals surface area contributed by atoms with Crippen molar-refractivity contribution in [1.82, 2.24) is 0 Å². The van der Waals surface area contributed by atoms with Gasteiger partial charge in [0.25, 0.3) is 0 Å². The van der Waals surface area contributed by atoms with Crippen LogP contribution in [0.3, 0.4) is 0 Å². The van der Waals surface area contributed by atoms with Crippen LogP contribution >= 0.6 is 0 Å². The lowest BCUT2D eigenvalue weighted by molar-refractivity contribution is 0.102. The molecule has 0 spiro atoms. The summed E-state index contributed by atoms with van der Waals surface area (Å²) in [6.07, 6.45) is 0.660. The Balaban J connectivity index is 2.48. The Labute approximate surface area is 116 Å². The summed E-state index contributed by atoms with van der Waals surface area (Å²) in [6.45, 7) is 0. The van der Waals surface area contributed by atoms with Crippen molar-refractivity contribution in [2.45, 2.75) is 0 Å². The smallest absolute Gasteiger partial charge is 0.194 e. The Bertz CT molecular complexity index is 647. The minimum atomic E-state index is -0.245. The van der Waals surface area contributed by atoms with E-state index < -0.39 is 0 Å². The Morgan fingerprint density at radius 3 is 2.35 bits per heavy atom. The van der Waals surface area contributed by atoms with Gasteiger partial charge in [0.1, 0.15) is 11.5 Å². The topological polar surface area (TPSA) is 52.6 Å². The molecule has 0 saturated carbocycles. The minimum Gasteiger partial charge on any atom is -0.497 e. The van der Waals surface area contributed by atoms with Gasteiger partial charge in [-0.1, -0.05) is 12.1 Å². The molecule has 0 N–H and O–H groups in total. The molecule has 0 bridgehead atoms. The lowest BCUT2D eigenvalue weighted by Gasteiger charge is -2.08. The van der Waals surface area contributed by atoms with Crippen LogP contribution in [0.4, 0.5) is 0 Å². The maximum Gasteiger partial charge on any atom is 0.194 e. The lowest BCUT2D eigenvalue weighted by Crippen LogP contribution is -2.06. The number of carbonyl (C=O) groups is 2. The predicted octanol–water partition coefficient (Wildman–Crippen LogP) is 2.75. The summed E-state index contributed by atoms with van der Waals surface area (Å²) >= 11 is 0. The summed E-state index contributed by atoms with van der Waals surface area (Å²) in [5, 5.41) is 0. The molecule has 2 aromatic carbocycles. The van der Waals surface area contributed by atoms with Gasteiger partial charge in [0.15, 0.2) is 12.1 Å². The first-order valence-corrected chi connectivity index (χ1v) is 6.01. The molecular weight excluding hydrogens is 256 g/mol. The Kier molecular flexibility index (Phi) is 4.15. The average molecular weight is 270 g/mol. The normalized spacial score (nSPS) is 9.90. The van der Waals surface area contributed by atoms with Crippen LogP contribution in [-0.4, -0.2) is 26.3 Å². The molecule has 4 nitrogen and oxygen atoms in total. The van der Waals surface area contributed by atoms with Gasteiger partial charge in [-0.15, -0.1) is 0 Å². The summed E-state index contributed by atoms with van der Waals surface area (Å²) in [7, 11) is 3.04. The van der Waals surface area contributed by atoms with E-state index >= 15 is 0 Å². The molecular formula is C16H14O4. The van der Waals surface area contributed by atoms with Gasteiger partial charge in [0, 0.05) is 16.7 Å². The van der Waals surface area contributed by atoms with Crippen LogP contribution in [0.5, 0.6) is 11.5 Å². The van der Waals surface area contributed by atoms with Gasteiger partial charge in [-0.05, 0) is 30.3 Å². The van der Waals surface area contributed by atoms with E-state index in [2.05, 4.69) is 0 Å². The van der Waals surface area contributed by atoms with Gasteiger partial charge >= 0.3 is 0 Å². The average Bonchev–Trinajstić information content (AvgIpc) is 2.53. The standard InChI is InChI=1S/C16H14O4/c1-19-13-5-3-4-11(8-13)16(18)15-9-14(20-2)7-6-12(15)10-17/h3-10H,1-2H3. The Morgan fingerprint density at radius 2 is 1.70 bits per heavy atom. The number of ketones is 1. The summed E-state index contributed by atoms with van der Waals surface area (Å²) in [4.78, 5) is 23.6. The number of benzene rings is 2. The number of methoxy groups -OCH3 is 2. The van der Waals surface area contributed by atoms with Crippen LogP contribution in [0.1, 0.15) is 26.3 Å². The molecule has 0 aliphatic carbocycles. The predicted molar refractivity (Wildman–Crippen MR) is 74.8 cm³/mol. The zero-order valence-electron chi connectivity index (χ0n) is 11.3. The zero-order chi connectivity index (χ0) is 14.5. The van der Waals surface area contributed by atoms with E-state index in [0.717, 1.165) is 0 Å². The van der Waals surface area contributed by atoms with E-state index in [9.17, 15) is 9.59 Å². The fraction of sp³-hybridized carbons (Fsp3) is 0.125. The summed E-state index contributed by atoms with van der Waals surface area (Å²) in [6, 6.07) is 11.6. The van der Waals surface area contributed by atoms with Crippen LogP contribution in [0.2, 0.25) is 0 Å². The largest absolute Gasteiger partial charge is 0.497 e. The van der Waals surface area contributed by atoms with Gasteiger partial charge in [0.05, 0.1) is 14.2 Å². The van der Waals surface area contributed by atoms with E-state index in [4.69, 9.17) is 9.47 Å². The fourth-order valence-corrected chi connectivity index (χ4v) is 1.88. The van der Waals surface area contributed by atoms with E-state index in [1.54, 1.807) is 42.5 Å². The lowest BCUT2D eigenvalue weighted by atomic mass is 9.98. The van der Waals surface area contributed by atoms with Crippen LogP contribution in [0.25, 0.3) is 0 Å². The van der Waals surface area contributed by atoms with Crippen molar-refractivity contribution in [3.8, 4) is 11.5 Å².